The van der Waals surface area contributed by atoms with E-state index in [4.69, 9.17) is 18.9 Å². The molecule has 0 saturated carbocycles. The summed E-state index contributed by atoms with van der Waals surface area (Å²) in [6, 6.07) is 0. The molecule has 0 aromatic heterocycles. The maximum absolute atomic E-state index is 5.99. The molecule has 0 bridgehead atoms. The lowest BCUT2D eigenvalue weighted by atomic mass is 10.1. The molecule has 3 atom stereocenters. The summed E-state index contributed by atoms with van der Waals surface area (Å²) in [5, 5.41) is 0. The lowest BCUT2D eigenvalue weighted by Crippen LogP contribution is -2.37. The highest BCUT2D eigenvalue weighted by Gasteiger charge is 2.48. The first kappa shape index (κ1) is 15.0. The van der Waals surface area contributed by atoms with Gasteiger partial charge in [0.15, 0.2) is 11.6 Å². The minimum absolute atomic E-state index is 0.0657. The Morgan fingerprint density at radius 3 is 2.37 bits per heavy atom. The summed E-state index contributed by atoms with van der Waals surface area (Å²) in [6.45, 7) is 10.4. The quantitative estimate of drug-likeness (QED) is 0.736. The lowest BCUT2D eigenvalue weighted by molar-refractivity contribution is -0.174. The molecule has 110 valence electrons. The number of hydrogen-bond donors (Lipinski definition) is 0. The third kappa shape index (κ3) is 3.78. The van der Waals surface area contributed by atoms with Crippen LogP contribution in [0, 0.1) is 0 Å². The Hall–Kier alpha value is -0.420. The molecule has 0 aromatic carbocycles. The average Bonchev–Trinajstić information content (AvgIpc) is 2.79. The molecular weight excluding hydrogens is 244 g/mol. The minimum atomic E-state index is -0.567. The van der Waals surface area contributed by atoms with Crippen LogP contribution in [0.15, 0.2) is 12.2 Å². The van der Waals surface area contributed by atoms with E-state index in [0.717, 1.165) is 12.8 Å². The Labute approximate surface area is 116 Å². The molecule has 2 fully saturated rings. The summed E-state index contributed by atoms with van der Waals surface area (Å²) < 4.78 is 23.5. The van der Waals surface area contributed by atoms with Gasteiger partial charge >= 0.3 is 0 Å². The van der Waals surface area contributed by atoms with Gasteiger partial charge in [-0.3, -0.25) is 0 Å². The Kier molecular flexibility index (Phi) is 4.35. The van der Waals surface area contributed by atoms with Crippen LogP contribution in [0.2, 0.25) is 0 Å². The molecule has 2 heterocycles. The molecular formula is C15H26O4. The van der Waals surface area contributed by atoms with Gasteiger partial charge in [0.05, 0.1) is 6.61 Å². The second kappa shape index (κ2) is 5.52. The summed E-state index contributed by atoms with van der Waals surface area (Å²) in [7, 11) is 0. The van der Waals surface area contributed by atoms with Crippen LogP contribution in [-0.2, 0) is 18.9 Å². The van der Waals surface area contributed by atoms with E-state index in [-0.39, 0.29) is 18.3 Å². The zero-order valence-corrected chi connectivity index (χ0v) is 12.6. The zero-order valence-electron chi connectivity index (χ0n) is 12.6. The van der Waals surface area contributed by atoms with Crippen LogP contribution in [0.25, 0.3) is 0 Å². The van der Waals surface area contributed by atoms with Crippen molar-refractivity contribution < 1.29 is 18.9 Å². The molecule has 0 aliphatic carbocycles. The molecule has 0 unspecified atom stereocenters. The van der Waals surface area contributed by atoms with E-state index in [9.17, 15) is 0 Å². The van der Waals surface area contributed by atoms with Crippen molar-refractivity contribution in [2.45, 2.75) is 77.3 Å². The Morgan fingerprint density at radius 2 is 1.79 bits per heavy atom. The molecule has 2 rings (SSSR count). The molecule has 0 spiro atoms. The third-order valence-electron chi connectivity index (χ3n) is 3.34. The van der Waals surface area contributed by atoms with Crippen LogP contribution in [-0.4, -0.2) is 36.5 Å². The van der Waals surface area contributed by atoms with Gasteiger partial charge in [0.2, 0.25) is 0 Å². The fourth-order valence-corrected chi connectivity index (χ4v) is 2.53. The van der Waals surface area contributed by atoms with Crippen molar-refractivity contribution in [3.05, 3.63) is 12.2 Å². The molecule has 0 aromatic rings. The van der Waals surface area contributed by atoms with Crippen molar-refractivity contribution in [3.8, 4) is 0 Å². The Bertz CT molecular complexity index is 335. The molecule has 4 nitrogen and oxygen atoms in total. The smallest absolute Gasteiger partial charge is 0.164 e. The van der Waals surface area contributed by atoms with Crippen molar-refractivity contribution in [3.63, 3.8) is 0 Å². The van der Waals surface area contributed by atoms with Crippen LogP contribution in [0.3, 0.4) is 0 Å². The van der Waals surface area contributed by atoms with E-state index in [0.29, 0.717) is 6.61 Å². The molecule has 0 N–H and O–H groups in total. The summed E-state index contributed by atoms with van der Waals surface area (Å²) in [4.78, 5) is 0. The Balaban J connectivity index is 2.04. The van der Waals surface area contributed by atoms with Gasteiger partial charge in [-0.1, -0.05) is 25.5 Å². The van der Waals surface area contributed by atoms with Crippen LogP contribution in [0.1, 0.15) is 47.5 Å². The van der Waals surface area contributed by atoms with Gasteiger partial charge in [-0.25, -0.2) is 0 Å². The Morgan fingerprint density at radius 1 is 1.05 bits per heavy atom. The highest BCUT2D eigenvalue weighted by Crippen LogP contribution is 2.36. The SMILES string of the molecule is CCC/C=C\[C@H]1OC(C)(C)O[C@@H]1[C@H]1COC(C)(C)O1. The first-order valence-corrected chi connectivity index (χ1v) is 7.17. The zero-order chi connectivity index (χ0) is 14.1. The van der Waals surface area contributed by atoms with Gasteiger partial charge in [0.25, 0.3) is 0 Å². The summed E-state index contributed by atoms with van der Waals surface area (Å²) >= 11 is 0. The first-order chi connectivity index (χ1) is 8.83. The second-order valence-electron chi connectivity index (χ2n) is 6.15. The van der Waals surface area contributed by atoms with Gasteiger partial charge in [-0.05, 0) is 34.1 Å². The van der Waals surface area contributed by atoms with Gasteiger partial charge in [0, 0.05) is 0 Å². The van der Waals surface area contributed by atoms with Crippen LogP contribution in [0.5, 0.6) is 0 Å². The number of rotatable bonds is 4. The molecule has 4 heteroatoms. The van der Waals surface area contributed by atoms with E-state index >= 15 is 0 Å². The molecule has 19 heavy (non-hydrogen) atoms. The van der Waals surface area contributed by atoms with Crippen LogP contribution in [0.4, 0.5) is 0 Å². The highest BCUT2D eigenvalue weighted by atomic mass is 16.8. The van der Waals surface area contributed by atoms with Gasteiger partial charge in [-0.15, -0.1) is 0 Å². The predicted molar refractivity (Wildman–Crippen MR) is 72.8 cm³/mol. The molecule has 0 amide bonds. The summed E-state index contributed by atoms with van der Waals surface area (Å²) in [5.74, 6) is -1.10. The van der Waals surface area contributed by atoms with Crippen LogP contribution >= 0.6 is 0 Å². The van der Waals surface area contributed by atoms with Gasteiger partial charge in [-0.2, -0.15) is 0 Å². The fourth-order valence-electron chi connectivity index (χ4n) is 2.53. The standard InChI is InChI=1S/C15H26O4/c1-6-7-8-9-11-13(19-15(4,5)17-11)12-10-16-14(2,3)18-12/h8-9,11-13H,6-7,10H2,1-5H3/b9-8-/t11-,12-,13+/m1/s1. The number of allylic oxidation sites excluding steroid dienone is 1. The number of hydrogen-bond acceptors (Lipinski definition) is 4. The highest BCUT2D eigenvalue weighted by molar-refractivity contribution is 5.01. The molecule has 2 aliphatic rings. The fraction of sp³-hybridized carbons (Fsp3) is 0.867. The predicted octanol–water partition coefficient (Wildman–Crippen LogP) is 3.01. The van der Waals surface area contributed by atoms with Crippen molar-refractivity contribution in [1.29, 1.82) is 0 Å². The van der Waals surface area contributed by atoms with Crippen molar-refractivity contribution in [2.24, 2.45) is 0 Å². The maximum atomic E-state index is 5.99. The molecule has 2 saturated heterocycles. The van der Waals surface area contributed by atoms with E-state index in [1.54, 1.807) is 0 Å². The topological polar surface area (TPSA) is 36.9 Å². The summed E-state index contributed by atoms with van der Waals surface area (Å²) in [6.07, 6.45) is 6.19. The normalized spacial score (nSPS) is 37.2. The minimum Gasteiger partial charge on any atom is -0.348 e. The van der Waals surface area contributed by atoms with E-state index in [1.807, 2.05) is 27.7 Å². The van der Waals surface area contributed by atoms with E-state index < -0.39 is 11.6 Å². The third-order valence-corrected chi connectivity index (χ3v) is 3.34. The van der Waals surface area contributed by atoms with Gasteiger partial charge in [0.1, 0.15) is 18.3 Å². The number of unbranched alkanes of at least 4 members (excludes halogenated alkanes) is 1. The largest absolute Gasteiger partial charge is 0.348 e. The number of ether oxygens (including phenoxy) is 4. The lowest BCUT2D eigenvalue weighted by Gasteiger charge is -2.22. The van der Waals surface area contributed by atoms with Crippen molar-refractivity contribution >= 4 is 0 Å². The molecule has 2 aliphatic heterocycles. The van der Waals surface area contributed by atoms with Gasteiger partial charge < -0.3 is 18.9 Å². The second-order valence-corrected chi connectivity index (χ2v) is 6.15. The maximum Gasteiger partial charge on any atom is 0.164 e. The summed E-state index contributed by atoms with van der Waals surface area (Å²) in [5.41, 5.74) is 0. The van der Waals surface area contributed by atoms with Crippen molar-refractivity contribution in [2.75, 3.05) is 6.61 Å². The average molecular weight is 270 g/mol. The monoisotopic (exact) mass is 270 g/mol. The molecule has 0 radical (unpaired) electrons. The van der Waals surface area contributed by atoms with E-state index in [1.165, 1.54) is 0 Å². The van der Waals surface area contributed by atoms with Crippen LogP contribution < -0.4 is 0 Å². The van der Waals surface area contributed by atoms with E-state index in [2.05, 4.69) is 19.1 Å². The van der Waals surface area contributed by atoms with Crippen molar-refractivity contribution in [1.82, 2.24) is 0 Å². The first-order valence-electron chi connectivity index (χ1n) is 7.17.